The van der Waals surface area contributed by atoms with Crippen LogP contribution in [0.15, 0.2) is 18.2 Å². The van der Waals surface area contributed by atoms with Gasteiger partial charge in [0.2, 0.25) is 0 Å². The zero-order chi connectivity index (χ0) is 12.5. The van der Waals surface area contributed by atoms with Crippen molar-refractivity contribution >= 4 is 5.69 Å². The standard InChI is InChI=1S/C17H25N/c1-12-4-3-5-14(10-12)15-8-9-17-16(11-15)7-6-13(2)18-17/h8-9,11-14,18H,3-7,10H2,1-2H3. The van der Waals surface area contributed by atoms with E-state index in [9.17, 15) is 0 Å². The molecule has 0 radical (unpaired) electrons. The maximum Gasteiger partial charge on any atom is 0.0374 e. The van der Waals surface area contributed by atoms with Crippen LogP contribution in [0.25, 0.3) is 0 Å². The van der Waals surface area contributed by atoms with E-state index in [4.69, 9.17) is 0 Å². The third-order valence-corrected chi connectivity index (χ3v) is 4.79. The van der Waals surface area contributed by atoms with Crippen LogP contribution in [-0.4, -0.2) is 6.04 Å². The summed E-state index contributed by atoms with van der Waals surface area (Å²) in [6.07, 6.45) is 8.16. The van der Waals surface area contributed by atoms with Crippen LogP contribution in [0.5, 0.6) is 0 Å². The summed E-state index contributed by atoms with van der Waals surface area (Å²) in [7, 11) is 0. The topological polar surface area (TPSA) is 12.0 Å². The second-order valence-corrected chi connectivity index (χ2v) is 6.47. The molecule has 0 spiro atoms. The second-order valence-electron chi connectivity index (χ2n) is 6.47. The first kappa shape index (κ1) is 12.1. The molecule has 1 aliphatic heterocycles. The molecule has 1 aromatic carbocycles. The van der Waals surface area contributed by atoms with Crippen LogP contribution in [0, 0.1) is 5.92 Å². The van der Waals surface area contributed by atoms with Crippen LogP contribution in [0.2, 0.25) is 0 Å². The lowest BCUT2D eigenvalue weighted by Gasteiger charge is -2.29. The molecule has 1 N–H and O–H groups in total. The Balaban J connectivity index is 1.81. The number of fused-ring (bicyclic) bond motifs is 1. The SMILES string of the molecule is CC1CCCC(c2ccc3c(c2)CCC(C)N3)C1. The summed E-state index contributed by atoms with van der Waals surface area (Å²) in [5.74, 6) is 1.73. The summed E-state index contributed by atoms with van der Waals surface area (Å²) in [5, 5.41) is 3.60. The lowest BCUT2D eigenvalue weighted by Crippen LogP contribution is -2.22. The van der Waals surface area contributed by atoms with Crippen molar-refractivity contribution in [1.29, 1.82) is 0 Å². The summed E-state index contributed by atoms with van der Waals surface area (Å²) in [6, 6.07) is 7.81. The Kier molecular flexibility index (Phi) is 3.32. The summed E-state index contributed by atoms with van der Waals surface area (Å²) < 4.78 is 0. The normalized spacial score (nSPS) is 31.6. The summed E-state index contributed by atoms with van der Waals surface area (Å²) in [6.45, 7) is 4.69. The molecular formula is C17H25N. The van der Waals surface area contributed by atoms with Gasteiger partial charge in [0.25, 0.3) is 0 Å². The van der Waals surface area contributed by atoms with Gasteiger partial charge in [-0.05, 0) is 61.6 Å². The molecule has 0 saturated heterocycles. The monoisotopic (exact) mass is 243 g/mol. The molecule has 1 aliphatic carbocycles. The van der Waals surface area contributed by atoms with E-state index in [1.807, 2.05) is 0 Å². The third-order valence-electron chi connectivity index (χ3n) is 4.79. The summed E-state index contributed by atoms with van der Waals surface area (Å²) in [5.41, 5.74) is 4.52. The second kappa shape index (κ2) is 4.95. The van der Waals surface area contributed by atoms with Crippen molar-refractivity contribution in [3.63, 3.8) is 0 Å². The van der Waals surface area contributed by atoms with Crippen LogP contribution in [0.4, 0.5) is 5.69 Å². The summed E-state index contributed by atoms with van der Waals surface area (Å²) in [4.78, 5) is 0. The Morgan fingerprint density at radius 1 is 1.11 bits per heavy atom. The minimum absolute atomic E-state index is 0.637. The Morgan fingerprint density at radius 3 is 2.83 bits per heavy atom. The predicted octanol–water partition coefficient (Wildman–Crippen LogP) is 4.73. The molecule has 0 aromatic heterocycles. The fourth-order valence-electron chi connectivity index (χ4n) is 3.66. The van der Waals surface area contributed by atoms with Crippen molar-refractivity contribution in [2.45, 2.75) is 64.3 Å². The van der Waals surface area contributed by atoms with E-state index in [-0.39, 0.29) is 0 Å². The Bertz CT molecular complexity index is 424. The van der Waals surface area contributed by atoms with E-state index in [2.05, 4.69) is 37.4 Å². The zero-order valence-corrected chi connectivity index (χ0v) is 11.7. The van der Waals surface area contributed by atoms with E-state index >= 15 is 0 Å². The molecule has 1 heteroatoms. The molecule has 1 aromatic rings. The molecule has 1 heterocycles. The van der Waals surface area contributed by atoms with Gasteiger partial charge in [0.1, 0.15) is 0 Å². The van der Waals surface area contributed by atoms with Crippen LogP contribution in [0.1, 0.15) is 63.0 Å². The zero-order valence-electron chi connectivity index (χ0n) is 11.7. The van der Waals surface area contributed by atoms with Crippen LogP contribution in [0.3, 0.4) is 0 Å². The number of hydrogen-bond acceptors (Lipinski definition) is 1. The Labute approximate surface area is 111 Å². The van der Waals surface area contributed by atoms with E-state index in [0.29, 0.717) is 6.04 Å². The average molecular weight is 243 g/mol. The predicted molar refractivity (Wildman–Crippen MR) is 78.2 cm³/mol. The van der Waals surface area contributed by atoms with Gasteiger partial charge in [-0.3, -0.25) is 0 Å². The van der Waals surface area contributed by atoms with Gasteiger partial charge in [-0.2, -0.15) is 0 Å². The molecule has 2 aliphatic rings. The van der Waals surface area contributed by atoms with Crippen molar-refractivity contribution in [3.8, 4) is 0 Å². The largest absolute Gasteiger partial charge is 0.382 e. The minimum atomic E-state index is 0.637. The van der Waals surface area contributed by atoms with E-state index < -0.39 is 0 Å². The van der Waals surface area contributed by atoms with Crippen LogP contribution >= 0.6 is 0 Å². The van der Waals surface area contributed by atoms with Crippen LogP contribution < -0.4 is 5.32 Å². The van der Waals surface area contributed by atoms with Crippen molar-refractivity contribution in [2.24, 2.45) is 5.92 Å². The fraction of sp³-hybridized carbons (Fsp3) is 0.647. The molecule has 0 bridgehead atoms. The first-order valence-electron chi connectivity index (χ1n) is 7.61. The summed E-state index contributed by atoms with van der Waals surface area (Å²) >= 11 is 0. The molecular weight excluding hydrogens is 218 g/mol. The van der Waals surface area contributed by atoms with E-state index in [1.165, 1.54) is 44.2 Å². The number of hydrogen-bond donors (Lipinski definition) is 1. The Morgan fingerprint density at radius 2 is 2.00 bits per heavy atom. The molecule has 3 rings (SSSR count). The maximum absolute atomic E-state index is 3.60. The van der Waals surface area contributed by atoms with Gasteiger partial charge in [0.05, 0.1) is 0 Å². The van der Waals surface area contributed by atoms with Gasteiger partial charge in [-0.1, -0.05) is 31.9 Å². The number of rotatable bonds is 1. The smallest absolute Gasteiger partial charge is 0.0374 e. The fourth-order valence-corrected chi connectivity index (χ4v) is 3.66. The first-order chi connectivity index (χ1) is 8.72. The van der Waals surface area contributed by atoms with Crippen molar-refractivity contribution in [2.75, 3.05) is 5.32 Å². The highest BCUT2D eigenvalue weighted by Gasteiger charge is 2.22. The Hall–Kier alpha value is -0.980. The molecule has 98 valence electrons. The quantitative estimate of drug-likeness (QED) is 0.752. The first-order valence-corrected chi connectivity index (χ1v) is 7.61. The number of benzene rings is 1. The van der Waals surface area contributed by atoms with Gasteiger partial charge in [0.15, 0.2) is 0 Å². The van der Waals surface area contributed by atoms with Crippen molar-refractivity contribution in [3.05, 3.63) is 29.3 Å². The van der Waals surface area contributed by atoms with Gasteiger partial charge >= 0.3 is 0 Å². The molecule has 3 atom stereocenters. The molecule has 3 unspecified atom stereocenters. The van der Waals surface area contributed by atoms with Gasteiger partial charge in [-0.15, -0.1) is 0 Å². The average Bonchev–Trinajstić information content (AvgIpc) is 2.38. The lowest BCUT2D eigenvalue weighted by molar-refractivity contribution is 0.344. The molecule has 1 saturated carbocycles. The third kappa shape index (κ3) is 2.41. The van der Waals surface area contributed by atoms with E-state index in [1.54, 1.807) is 11.1 Å². The van der Waals surface area contributed by atoms with Gasteiger partial charge < -0.3 is 5.32 Å². The molecule has 18 heavy (non-hydrogen) atoms. The highest BCUT2D eigenvalue weighted by atomic mass is 14.9. The van der Waals surface area contributed by atoms with Crippen molar-refractivity contribution in [1.82, 2.24) is 0 Å². The number of aryl methyl sites for hydroxylation is 1. The highest BCUT2D eigenvalue weighted by Crippen LogP contribution is 2.37. The van der Waals surface area contributed by atoms with E-state index in [0.717, 1.165) is 11.8 Å². The molecule has 1 fully saturated rings. The lowest BCUT2D eigenvalue weighted by atomic mass is 9.78. The van der Waals surface area contributed by atoms with Crippen molar-refractivity contribution < 1.29 is 0 Å². The highest BCUT2D eigenvalue weighted by molar-refractivity contribution is 5.55. The van der Waals surface area contributed by atoms with Gasteiger partial charge in [0, 0.05) is 11.7 Å². The molecule has 0 amide bonds. The minimum Gasteiger partial charge on any atom is -0.382 e. The van der Waals surface area contributed by atoms with Gasteiger partial charge in [-0.25, -0.2) is 0 Å². The molecule has 1 nitrogen and oxygen atoms in total. The number of nitrogens with one attached hydrogen (secondary N) is 1. The maximum atomic E-state index is 3.60. The number of anilines is 1. The van der Waals surface area contributed by atoms with Crippen LogP contribution in [-0.2, 0) is 6.42 Å².